The molecule has 0 radical (unpaired) electrons. The van der Waals surface area contributed by atoms with Gasteiger partial charge < -0.3 is 4.57 Å². The molecular weight excluding hydrogens is 246 g/mol. The molecule has 0 N–H and O–H groups in total. The Morgan fingerprint density at radius 2 is 2.11 bits per heavy atom. The van der Waals surface area contributed by atoms with Gasteiger partial charge in [-0.05, 0) is 25.8 Å². The van der Waals surface area contributed by atoms with Crippen LogP contribution in [0.15, 0.2) is 18.5 Å². The van der Waals surface area contributed by atoms with Gasteiger partial charge in [-0.3, -0.25) is 4.98 Å². The number of hydrogen-bond donors (Lipinski definition) is 0. The number of pyridine rings is 1. The van der Waals surface area contributed by atoms with Gasteiger partial charge in [0.2, 0.25) is 0 Å². The second kappa shape index (κ2) is 4.88. The van der Waals surface area contributed by atoms with Gasteiger partial charge in [-0.1, -0.05) is 19.3 Å². The zero-order valence-electron chi connectivity index (χ0n) is 10.6. The fraction of sp³-hybridized carbons (Fsp3) is 0.571. The molecule has 0 aromatic carbocycles. The molecule has 1 aliphatic carbocycles. The van der Waals surface area contributed by atoms with E-state index < -0.39 is 0 Å². The van der Waals surface area contributed by atoms with Crippen LogP contribution >= 0.6 is 11.6 Å². The first kappa shape index (κ1) is 12.0. The molecular formula is C14H18ClN3. The van der Waals surface area contributed by atoms with Crippen LogP contribution in [0, 0.1) is 0 Å². The SMILES string of the molecule is CC(Cl)c1nc2cnccc2n1C1CCCCC1. The van der Waals surface area contributed by atoms with Crippen LogP contribution in [0.1, 0.15) is 56.3 Å². The van der Waals surface area contributed by atoms with E-state index in [-0.39, 0.29) is 5.38 Å². The van der Waals surface area contributed by atoms with Crippen molar-refractivity contribution in [2.45, 2.75) is 50.4 Å². The Kier molecular flexibility index (Phi) is 3.25. The molecule has 0 amide bonds. The summed E-state index contributed by atoms with van der Waals surface area (Å²) in [6, 6.07) is 2.61. The lowest BCUT2D eigenvalue weighted by atomic mass is 9.95. The second-order valence-corrected chi connectivity index (χ2v) is 5.77. The van der Waals surface area contributed by atoms with Gasteiger partial charge in [0.1, 0.15) is 11.3 Å². The summed E-state index contributed by atoms with van der Waals surface area (Å²) in [7, 11) is 0. The van der Waals surface area contributed by atoms with E-state index in [1.165, 1.54) is 37.6 Å². The summed E-state index contributed by atoms with van der Waals surface area (Å²) in [6.07, 6.45) is 10.1. The van der Waals surface area contributed by atoms with Gasteiger partial charge in [0, 0.05) is 12.2 Å². The molecule has 0 bridgehead atoms. The van der Waals surface area contributed by atoms with Crippen LogP contribution < -0.4 is 0 Å². The van der Waals surface area contributed by atoms with E-state index in [9.17, 15) is 0 Å². The highest BCUT2D eigenvalue weighted by Gasteiger charge is 2.23. The lowest BCUT2D eigenvalue weighted by molar-refractivity contribution is 0.352. The molecule has 2 aromatic rings. The molecule has 1 atom stereocenters. The Labute approximate surface area is 112 Å². The van der Waals surface area contributed by atoms with Crippen molar-refractivity contribution in [1.29, 1.82) is 0 Å². The van der Waals surface area contributed by atoms with Gasteiger partial charge in [-0.2, -0.15) is 0 Å². The molecule has 3 rings (SSSR count). The molecule has 1 unspecified atom stereocenters. The largest absolute Gasteiger partial charge is 0.324 e. The van der Waals surface area contributed by atoms with Crippen molar-refractivity contribution in [3.05, 3.63) is 24.3 Å². The summed E-state index contributed by atoms with van der Waals surface area (Å²) in [5.41, 5.74) is 2.14. The van der Waals surface area contributed by atoms with E-state index in [0.29, 0.717) is 6.04 Å². The fourth-order valence-electron chi connectivity index (χ4n) is 2.97. The number of alkyl halides is 1. The number of fused-ring (bicyclic) bond motifs is 1. The van der Waals surface area contributed by atoms with Crippen LogP contribution in [0.25, 0.3) is 11.0 Å². The van der Waals surface area contributed by atoms with Crippen molar-refractivity contribution in [2.75, 3.05) is 0 Å². The maximum Gasteiger partial charge on any atom is 0.128 e. The third-order valence-electron chi connectivity index (χ3n) is 3.81. The molecule has 3 nitrogen and oxygen atoms in total. The van der Waals surface area contributed by atoms with Gasteiger partial charge in [0.25, 0.3) is 0 Å². The van der Waals surface area contributed by atoms with Crippen molar-refractivity contribution in [2.24, 2.45) is 0 Å². The van der Waals surface area contributed by atoms with Crippen molar-refractivity contribution < 1.29 is 0 Å². The molecule has 2 aromatic heterocycles. The summed E-state index contributed by atoms with van der Waals surface area (Å²) in [5.74, 6) is 0.992. The lowest BCUT2D eigenvalue weighted by Crippen LogP contribution is -2.15. The van der Waals surface area contributed by atoms with Gasteiger partial charge in [-0.25, -0.2) is 4.98 Å². The maximum atomic E-state index is 6.30. The minimum atomic E-state index is -0.0562. The highest BCUT2D eigenvalue weighted by molar-refractivity contribution is 6.20. The number of aromatic nitrogens is 3. The van der Waals surface area contributed by atoms with Crippen molar-refractivity contribution in [3.8, 4) is 0 Å². The Morgan fingerprint density at radius 1 is 1.33 bits per heavy atom. The van der Waals surface area contributed by atoms with E-state index in [1.54, 1.807) is 0 Å². The zero-order chi connectivity index (χ0) is 12.5. The van der Waals surface area contributed by atoms with Gasteiger partial charge in [-0.15, -0.1) is 11.6 Å². The van der Waals surface area contributed by atoms with Crippen molar-refractivity contribution >= 4 is 22.6 Å². The molecule has 1 aliphatic rings. The molecule has 1 saturated carbocycles. The van der Waals surface area contributed by atoms with E-state index in [0.717, 1.165) is 11.3 Å². The number of imidazole rings is 1. The van der Waals surface area contributed by atoms with Crippen LogP contribution in [0.4, 0.5) is 0 Å². The molecule has 1 fully saturated rings. The molecule has 0 aliphatic heterocycles. The average molecular weight is 264 g/mol. The average Bonchev–Trinajstić information content (AvgIpc) is 2.79. The topological polar surface area (TPSA) is 30.7 Å². The predicted octanol–water partition coefficient (Wildman–Crippen LogP) is 4.24. The van der Waals surface area contributed by atoms with E-state index in [2.05, 4.69) is 20.6 Å². The third-order valence-corrected chi connectivity index (χ3v) is 4.01. The Bertz CT molecular complexity index is 541. The van der Waals surface area contributed by atoms with E-state index >= 15 is 0 Å². The highest BCUT2D eigenvalue weighted by Crippen LogP contribution is 2.35. The molecule has 2 heterocycles. The summed E-state index contributed by atoms with van der Waals surface area (Å²) in [6.45, 7) is 2.00. The first-order chi connectivity index (χ1) is 8.77. The molecule has 18 heavy (non-hydrogen) atoms. The first-order valence-electron chi connectivity index (χ1n) is 6.73. The normalized spacial score (nSPS) is 19.2. The van der Waals surface area contributed by atoms with Crippen LogP contribution in [-0.2, 0) is 0 Å². The Hall–Kier alpha value is -1.09. The van der Waals surface area contributed by atoms with E-state index in [1.807, 2.05) is 19.3 Å². The van der Waals surface area contributed by atoms with Crippen molar-refractivity contribution in [1.82, 2.24) is 14.5 Å². The minimum Gasteiger partial charge on any atom is -0.324 e. The Morgan fingerprint density at radius 3 is 2.83 bits per heavy atom. The van der Waals surface area contributed by atoms with Gasteiger partial charge in [0.15, 0.2) is 0 Å². The number of rotatable bonds is 2. The monoisotopic (exact) mass is 263 g/mol. The quantitative estimate of drug-likeness (QED) is 0.759. The highest BCUT2D eigenvalue weighted by atomic mass is 35.5. The first-order valence-corrected chi connectivity index (χ1v) is 7.17. The number of nitrogens with zero attached hydrogens (tertiary/aromatic N) is 3. The van der Waals surface area contributed by atoms with Crippen LogP contribution in [-0.4, -0.2) is 14.5 Å². The number of halogens is 1. The van der Waals surface area contributed by atoms with Crippen molar-refractivity contribution in [3.63, 3.8) is 0 Å². The second-order valence-electron chi connectivity index (χ2n) is 5.11. The summed E-state index contributed by atoms with van der Waals surface area (Å²) < 4.78 is 2.36. The summed E-state index contributed by atoms with van der Waals surface area (Å²) in [5, 5.41) is -0.0562. The van der Waals surface area contributed by atoms with Crippen LogP contribution in [0.3, 0.4) is 0 Å². The zero-order valence-corrected chi connectivity index (χ0v) is 11.4. The summed E-state index contributed by atoms with van der Waals surface area (Å²) in [4.78, 5) is 8.81. The van der Waals surface area contributed by atoms with Gasteiger partial charge >= 0.3 is 0 Å². The van der Waals surface area contributed by atoms with E-state index in [4.69, 9.17) is 11.6 Å². The standard InChI is InChI=1S/C14H18ClN3/c1-10(15)14-17-12-9-16-8-7-13(12)18(14)11-5-3-2-4-6-11/h7-11H,2-6H2,1H3. The summed E-state index contributed by atoms with van der Waals surface area (Å²) >= 11 is 6.30. The molecule has 0 saturated heterocycles. The fourth-order valence-corrected chi connectivity index (χ4v) is 3.13. The van der Waals surface area contributed by atoms with Crippen LogP contribution in [0.5, 0.6) is 0 Å². The smallest absolute Gasteiger partial charge is 0.128 e. The maximum absolute atomic E-state index is 6.30. The number of hydrogen-bond acceptors (Lipinski definition) is 2. The Balaban J connectivity index is 2.14. The predicted molar refractivity (Wildman–Crippen MR) is 73.9 cm³/mol. The lowest BCUT2D eigenvalue weighted by Gasteiger charge is -2.26. The van der Waals surface area contributed by atoms with Crippen LogP contribution in [0.2, 0.25) is 0 Å². The van der Waals surface area contributed by atoms with Gasteiger partial charge in [0.05, 0.1) is 17.1 Å². The minimum absolute atomic E-state index is 0.0562. The molecule has 96 valence electrons. The third kappa shape index (κ3) is 2.01. The molecule has 0 spiro atoms. The molecule has 4 heteroatoms.